The number of nitrogens with zero attached hydrogens (tertiary/aromatic N) is 1. The first-order valence-corrected chi connectivity index (χ1v) is 7.11. The molecule has 20 heavy (non-hydrogen) atoms. The number of hydrogen-bond acceptors (Lipinski definition) is 4. The Bertz CT molecular complexity index is 472. The first kappa shape index (κ1) is 15.3. The zero-order chi connectivity index (χ0) is 14.5. The maximum absolute atomic E-state index is 11.5. The Morgan fingerprint density at radius 2 is 2.35 bits per heavy atom. The standard InChI is InChI=1S/C15H20ClNO3/c1-17(8-11-5-6-20-10-11)9-13-7-12(15(18)19-2)3-4-14(13)16/h3-4,7,11H,5-6,8-10H2,1-2H3/t11-/m0/s1. The molecule has 1 heterocycles. The van der Waals surface area contributed by atoms with Crippen molar-refractivity contribution in [1.29, 1.82) is 0 Å². The van der Waals surface area contributed by atoms with Gasteiger partial charge in [0.05, 0.1) is 19.3 Å². The number of carbonyl (C=O) groups is 1. The Kier molecular flexibility index (Phi) is 5.40. The fourth-order valence-corrected chi connectivity index (χ4v) is 2.64. The van der Waals surface area contributed by atoms with Crippen molar-refractivity contribution >= 4 is 17.6 Å². The molecule has 1 fully saturated rings. The zero-order valence-electron chi connectivity index (χ0n) is 11.9. The molecule has 0 N–H and O–H groups in total. The van der Waals surface area contributed by atoms with Crippen LogP contribution in [0.5, 0.6) is 0 Å². The van der Waals surface area contributed by atoms with Gasteiger partial charge in [-0.1, -0.05) is 11.6 Å². The van der Waals surface area contributed by atoms with Crippen molar-refractivity contribution in [2.45, 2.75) is 13.0 Å². The van der Waals surface area contributed by atoms with Gasteiger partial charge >= 0.3 is 5.97 Å². The molecule has 2 rings (SSSR count). The Labute approximate surface area is 124 Å². The molecule has 1 saturated heterocycles. The van der Waals surface area contributed by atoms with Crippen LogP contribution in [-0.4, -0.2) is 44.8 Å². The van der Waals surface area contributed by atoms with E-state index in [4.69, 9.17) is 21.1 Å². The molecule has 5 heteroatoms. The summed E-state index contributed by atoms with van der Waals surface area (Å²) in [5.41, 5.74) is 1.47. The van der Waals surface area contributed by atoms with Crippen molar-refractivity contribution in [3.63, 3.8) is 0 Å². The molecule has 0 spiro atoms. The third-order valence-electron chi connectivity index (χ3n) is 3.50. The van der Waals surface area contributed by atoms with Gasteiger partial charge in [-0.25, -0.2) is 4.79 Å². The number of benzene rings is 1. The number of ether oxygens (including phenoxy) is 2. The van der Waals surface area contributed by atoms with E-state index in [0.29, 0.717) is 23.0 Å². The van der Waals surface area contributed by atoms with E-state index in [0.717, 1.165) is 31.7 Å². The molecule has 0 unspecified atom stereocenters. The van der Waals surface area contributed by atoms with Gasteiger partial charge in [-0.15, -0.1) is 0 Å². The first-order valence-electron chi connectivity index (χ1n) is 6.73. The summed E-state index contributed by atoms with van der Waals surface area (Å²) in [6, 6.07) is 5.23. The monoisotopic (exact) mass is 297 g/mol. The summed E-state index contributed by atoms with van der Waals surface area (Å²) in [6.45, 7) is 3.37. The molecule has 0 bridgehead atoms. The van der Waals surface area contributed by atoms with Gasteiger partial charge in [0.15, 0.2) is 0 Å². The van der Waals surface area contributed by atoms with Crippen molar-refractivity contribution in [2.24, 2.45) is 5.92 Å². The van der Waals surface area contributed by atoms with Crippen molar-refractivity contribution < 1.29 is 14.3 Å². The van der Waals surface area contributed by atoms with Crippen molar-refractivity contribution in [3.05, 3.63) is 34.3 Å². The fraction of sp³-hybridized carbons (Fsp3) is 0.533. The van der Waals surface area contributed by atoms with E-state index in [1.54, 1.807) is 18.2 Å². The molecule has 0 aliphatic carbocycles. The third-order valence-corrected chi connectivity index (χ3v) is 3.87. The Balaban J connectivity index is 2.01. The van der Waals surface area contributed by atoms with Crippen LogP contribution in [-0.2, 0) is 16.0 Å². The summed E-state index contributed by atoms with van der Waals surface area (Å²) in [5.74, 6) is 0.248. The van der Waals surface area contributed by atoms with E-state index < -0.39 is 0 Å². The summed E-state index contributed by atoms with van der Waals surface area (Å²) in [4.78, 5) is 13.8. The van der Waals surface area contributed by atoms with Crippen LogP contribution in [0.25, 0.3) is 0 Å². The summed E-state index contributed by atoms with van der Waals surface area (Å²) in [6.07, 6.45) is 1.11. The Morgan fingerprint density at radius 3 is 3.00 bits per heavy atom. The second-order valence-corrected chi connectivity index (χ2v) is 5.63. The molecule has 0 amide bonds. The minimum atomic E-state index is -0.338. The molecule has 110 valence electrons. The lowest BCUT2D eigenvalue weighted by Crippen LogP contribution is -2.25. The highest BCUT2D eigenvalue weighted by Gasteiger charge is 2.18. The number of rotatable bonds is 5. The Hall–Kier alpha value is -1.10. The van der Waals surface area contributed by atoms with Crippen LogP contribution in [0.2, 0.25) is 5.02 Å². The molecule has 1 atom stereocenters. The van der Waals surface area contributed by atoms with Gasteiger partial charge < -0.3 is 14.4 Å². The largest absolute Gasteiger partial charge is 0.465 e. The van der Waals surface area contributed by atoms with Gasteiger partial charge in [-0.3, -0.25) is 0 Å². The molecule has 0 radical (unpaired) electrons. The number of halogens is 1. The van der Waals surface area contributed by atoms with Gasteiger partial charge in [-0.05, 0) is 43.1 Å². The van der Waals surface area contributed by atoms with E-state index in [1.165, 1.54) is 7.11 Å². The minimum absolute atomic E-state index is 0.338. The summed E-state index contributed by atoms with van der Waals surface area (Å²) in [7, 11) is 3.43. The van der Waals surface area contributed by atoms with Crippen LogP contribution < -0.4 is 0 Å². The van der Waals surface area contributed by atoms with Gasteiger partial charge in [0.2, 0.25) is 0 Å². The molecule has 0 aromatic heterocycles. The van der Waals surface area contributed by atoms with Gasteiger partial charge in [0, 0.05) is 24.7 Å². The molecule has 4 nitrogen and oxygen atoms in total. The number of carbonyl (C=O) groups excluding carboxylic acids is 1. The topological polar surface area (TPSA) is 38.8 Å². The van der Waals surface area contributed by atoms with Crippen LogP contribution in [0.4, 0.5) is 0 Å². The van der Waals surface area contributed by atoms with Crippen molar-refractivity contribution in [1.82, 2.24) is 4.90 Å². The number of esters is 1. The van der Waals surface area contributed by atoms with E-state index in [1.807, 2.05) is 0 Å². The molecule has 1 aromatic carbocycles. The van der Waals surface area contributed by atoms with Gasteiger partial charge in [0.25, 0.3) is 0 Å². The summed E-state index contributed by atoms with van der Waals surface area (Å²) < 4.78 is 10.1. The number of hydrogen-bond donors (Lipinski definition) is 0. The summed E-state index contributed by atoms with van der Waals surface area (Å²) >= 11 is 6.20. The van der Waals surface area contributed by atoms with E-state index >= 15 is 0 Å². The molecule has 1 aliphatic rings. The highest BCUT2D eigenvalue weighted by molar-refractivity contribution is 6.31. The van der Waals surface area contributed by atoms with Crippen molar-refractivity contribution in [2.75, 3.05) is 33.9 Å². The maximum Gasteiger partial charge on any atom is 0.337 e. The lowest BCUT2D eigenvalue weighted by Gasteiger charge is -2.20. The maximum atomic E-state index is 11.5. The minimum Gasteiger partial charge on any atom is -0.465 e. The molecular formula is C15H20ClNO3. The highest BCUT2D eigenvalue weighted by Crippen LogP contribution is 2.21. The summed E-state index contributed by atoms with van der Waals surface area (Å²) in [5, 5.41) is 0.673. The smallest absolute Gasteiger partial charge is 0.337 e. The highest BCUT2D eigenvalue weighted by atomic mass is 35.5. The van der Waals surface area contributed by atoms with Crippen LogP contribution >= 0.6 is 11.6 Å². The van der Waals surface area contributed by atoms with Gasteiger partial charge in [-0.2, -0.15) is 0 Å². The fourth-order valence-electron chi connectivity index (χ4n) is 2.46. The van der Waals surface area contributed by atoms with E-state index in [-0.39, 0.29) is 5.97 Å². The Morgan fingerprint density at radius 1 is 1.55 bits per heavy atom. The van der Waals surface area contributed by atoms with Crippen molar-refractivity contribution in [3.8, 4) is 0 Å². The van der Waals surface area contributed by atoms with E-state index in [2.05, 4.69) is 11.9 Å². The van der Waals surface area contributed by atoms with Crippen LogP contribution in [0.3, 0.4) is 0 Å². The quantitative estimate of drug-likeness (QED) is 0.783. The normalized spacial score (nSPS) is 18.5. The zero-order valence-corrected chi connectivity index (χ0v) is 12.7. The third kappa shape index (κ3) is 3.95. The first-order chi connectivity index (χ1) is 9.60. The lowest BCUT2D eigenvalue weighted by molar-refractivity contribution is 0.0600. The second kappa shape index (κ2) is 7.07. The molecule has 1 aliphatic heterocycles. The number of methoxy groups -OCH3 is 1. The lowest BCUT2D eigenvalue weighted by atomic mass is 10.1. The van der Waals surface area contributed by atoms with E-state index in [9.17, 15) is 4.79 Å². The van der Waals surface area contributed by atoms with Crippen LogP contribution in [0, 0.1) is 5.92 Å². The molecular weight excluding hydrogens is 278 g/mol. The van der Waals surface area contributed by atoms with Gasteiger partial charge in [0.1, 0.15) is 0 Å². The van der Waals surface area contributed by atoms with Crippen LogP contribution in [0.15, 0.2) is 18.2 Å². The molecule has 0 saturated carbocycles. The SMILES string of the molecule is COC(=O)c1ccc(Cl)c(CN(C)C[C@@H]2CCOC2)c1. The average Bonchev–Trinajstić information content (AvgIpc) is 2.93. The predicted molar refractivity (Wildman–Crippen MR) is 78.1 cm³/mol. The second-order valence-electron chi connectivity index (χ2n) is 5.22. The van der Waals surface area contributed by atoms with Crippen LogP contribution in [0.1, 0.15) is 22.3 Å². The predicted octanol–water partition coefficient (Wildman–Crippen LogP) is 2.59. The average molecular weight is 298 g/mol. The molecule has 1 aromatic rings.